The fraction of sp³-hybridized carbons (Fsp3) is 0.478. The maximum atomic E-state index is 12.9. The molecular weight excluding hydrogens is 460 g/mol. The molecule has 0 radical (unpaired) electrons. The highest BCUT2D eigenvalue weighted by Gasteiger charge is 2.27. The van der Waals surface area contributed by atoms with Crippen LogP contribution in [0, 0.1) is 11.3 Å². The van der Waals surface area contributed by atoms with Gasteiger partial charge in [-0.3, -0.25) is 4.79 Å². The normalized spacial score (nSPS) is 17.9. The van der Waals surface area contributed by atoms with E-state index >= 15 is 0 Å². The predicted octanol–water partition coefficient (Wildman–Crippen LogP) is 3.35. The highest BCUT2D eigenvalue weighted by Crippen LogP contribution is 2.37. The summed E-state index contributed by atoms with van der Waals surface area (Å²) in [6.45, 7) is 3.12. The Hall–Kier alpha value is -2.45. The van der Waals surface area contributed by atoms with Crippen LogP contribution in [0.3, 0.4) is 0 Å². The molecule has 2 heterocycles. The van der Waals surface area contributed by atoms with Gasteiger partial charge in [0.15, 0.2) is 0 Å². The third kappa shape index (κ3) is 5.22. The van der Waals surface area contributed by atoms with Gasteiger partial charge in [0, 0.05) is 23.7 Å². The second-order valence-corrected chi connectivity index (χ2v) is 11.3. The zero-order chi connectivity index (χ0) is 23.4. The van der Waals surface area contributed by atoms with Crippen LogP contribution in [0.4, 0.5) is 10.7 Å². The molecule has 33 heavy (non-hydrogen) atoms. The summed E-state index contributed by atoms with van der Waals surface area (Å²) >= 11 is 1.50. The number of fused-ring (bicyclic) bond motifs is 1. The number of ether oxygens (including phenoxy) is 1. The van der Waals surface area contributed by atoms with Gasteiger partial charge in [-0.2, -0.15) is 9.57 Å². The van der Waals surface area contributed by atoms with Crippen molar-refractivity contribution in [2.75, 3.05) is 36.9 Å². The molecule has 1 aliphatic carbocycles. The fourth-order valence-electron chi connectivity index (χ4n) is 4.17. The Morgan fingerprint density at radius 2 is 1.97 bits per heavy atom. The Bertz CT molecular complexity index is 1160. The molecule has 2 N–H and O–H groups in total. The van der Waals surface area contributed by atoms with Gasteiger partial charge in [-0.25, -0.2) is 8.42 Å². The molecule has 0 spiro atoms. The van der Waals surface area contributed by atoms with Crippen molar-refractivity contribution in [3.8, 4) is 6.07 Å². The molecule has 1 unspecified atom stereocenters. The third-order valence-electron chi connectivity index (χ3n) is 5.99. The molecule has 4 rings (SSSR count). The zero-order valence-corrected chi connectivity index (χ0v) is 20.2. The minimum atomic E-state index is -3.62. The second-order valence-electron chi connectivity index (χ2n) is 8.28. The number of aryl methyl sites for hydroxylation is 1. The van der Waals surface area contributed by atoms with Crippen LogP contribution in [0.5, 0.6) is 0 Å². The minimum Gasteiger partial charge on any atom is -0.379 e. The van der Waals surface area contributed by atoms with E-state index in [1.165, 1.54) is 20.5 Å². The Labute approximate surface area is 198 Å². The Kier molecular flexibility index (Phi) is 7.34. The number of hydrogen-bond donors (Lipinski definition) is 2. The zero-order valence-electron chi connectivity index (χ0n) is 18.6. The Morgan fingerprint density at radius 1 is 1.21 bits per heavy atom. The molecule has 176 valence electrons. The van der Waals surface area contributed by atoms with E-state index in [2.05, 4.69) is 16.7 Å². The standard InChI is InChI=1S/C23H28N4O4S2/c1-16(22(28)26-23-20(15-24)19-8-3-2-4-9-21(19)32-23)25-17-6-5-7-18(14-17)33(29,30)27-10-12-31-13-11-27/h5-7,14,16,25H,2-4,8-13H2,1H3,(H,26,28). The van der Waals surface area contributed by atoms with Gasteiger partial charge < -0.3 is 15.4 Å². The molecule has 0 saturated carbocycles. The molecular formula is C23H28N4O4S2. The van der Waals surface area contributed by atoms with Crippen LogP contribution in [-0.2, 0) is 32.4 Å². The van der Waals surface area contributed by atoms with Gasteiger partial charge in [-0.1, -0.05) is 12.5 Å². The van der Waals surface area contributed by atoms with Crippen molar-refractivity contribution in [2.24, 2.45) is 0 Å². The average molecular weight is 489 g/mol. The van der Waals surface area contributed by atoms with E-state index in [9.17, 15) is 18.5 Å². The Balaban J connectivity index is 1.46. The summed E-state index contributed by atoms with van der Waals surface area (Å²) in [6, 6.07) is 8.14. The van der Waals surface area contributed by atoms with Crippen LogP contribution >= 0.6 is 11.3 Å². The molecule has 1 fully saturated rings. The number of benzene rings is 1. The highest BCUT2D eigenvalue weighted by atomic mass is 32.2. The van der Waals surface area contributed by atoms with Crippen LogP contribution in [0.2, 0.25) is 0 Å². The van der Waals surface area contributed by atoms with Crippen molar-refractivity contribution in [1.82, 2.24) is 4.31 Å². The number of carbonyl (C=O) groups is 1. The van der Waals surface area contributed by atoms with Crippen molar-refractivity contribution in [3.63, 3.8) is 0 Å². The average Bonchev–Trinajstić information content (AvgIpc) is 2.98. The molecule has 1 amide bonds. The van der Waals surface area contributed by atoms with Gasteiger partial charge in [-0.15, -0.1) is 11.3 Å². The lowest BCUT2D eigenvalue weighted by Gasteiger charge is -2.26. The first kappa shape index (κ1) is 23.7. The van der Waals surface area contributed by atoms with Crippen LogP contribution in [0.1, 0.15) is 42.2 Å². The molecule has 2 aromatic rings. The van der Waals surface area contributed by atoms with Crippen molar-refractivity contribution in [1.29, 1.82) is 5.26 Å². The smallest absolute Gasteiger partial charge is 0.247 e. The summed E-state index contributed by atoms with van der Waals surface area (Å²) in [4.78, 5) is 14.3. The van der Waals surface area contributed by atoms with E-state index in [-0.39, 0.29) is 10.8 Å². The summed E-state index contributed by atoms with van der Waals surface area (Å²) in [6.07, 6.45) is 5.15. The van der Waals surface area contributed by atoms with Gasteiger partial charge in [0.1, 0.15) is 17.1 Å². The van der Waals surface area contributed by atoms with Crippen LogP contribution in [-0.4, -0.2) is 51.0 Å². The van der Waals surface area contributed by atoms with E-state index in [0.717, 1.165) is 37.7 Å². The van der Waals surface area contributed by atoms with Crippen LogP contribution < -0.4 is 10.6 Å². The molecule has 1 aliphatic heterocycles. The summed E-state index contributed by atoms with van der Waals surface area (Å²) in [5, 5.41) is 16.3. The Morgan fingerprint density at radius 3 is 2.73 bits per heavy atom. The van der Waals surface area contributed by atoms with Gasteiger partial charge in [0.2, 0.25) is 15.9 Å². The summed E-state index contributed by atoms with van der Waals surface area (Å²) in [7, 11) is -3.62. The summed E-state index contributed by atoms with van der Waals surface area (Å²) in [5.41, 5.74) is 2.20. The van der Waals surface area contributed by atoms with E-state index in [1.54, 1.807) is 31.2 Å². The largest absolute Gasteiger partial charge is 0.379 e. The molecule has 1 atom stereocenters. The highest BCUT2D eigenvalue weighted by molar-refractivity contribution is 7.89. The fourth-order valence-corrected chi connectivity index (χ4v) is 6.86. The van der Waals surface area contributed by atoms with Crippen LogP contribution in [0.25, 0.3) is 0 Å². The number of nitrogens with one attached hydrogen (secondary N) is 2. The topological polar surface area (TPSA) is 112 Å². The number of thiophene rings is 1. The summed E-state index contributed by atoms with van der Waals surface area (Å²) < 4.78 is 32.5. The number of rotatable bonds is 6. The second kappa shape index (κ2) is 10.2. The number of anilines is 2. The lowest BCUT2D eigenvalue weighted by atomic mass is 10.1. The van der Waals surface area contributed by atoms with Gasteiger partial charge in [0.05, 0.1) is 23.7 Å². The first-order chi connectivity index (χ1) is 15.9. The lowest BCUT2D eigenvalue weighted by Crippen LogP contribution is -2.40. The van der Waals surface area contributed by atoms with E-state index < -0.39 is 16.1 Å². The first-order valence-electron chi connectivity index (χ1n) is 11.2. The van der Waals surface area contributed by atoms with Crippen molar-refractivity contribution < 1.29 is 17.9 Å². The molecule has 1 aromatic heterocycles. The number of hydrogen-bond acceptors (Lipinski definition) is 7. The quantitative estimate of drug-likeness (QED) is 0.603. The molecule has 1 saturated heterocycles. The van der Waals surface area contributed by atoms with Gasteiger partial charge in [-0.05, 0) is 56.4 Å². The monoisotopic (exact) mass is 488 g/mol. The molecule has 0 bridgehead atoms. The van der Waals surface area contributed by atoms with Gasteiger partial charge >= 0.3 is 0 Å². The molecule has 1 aromatic carbocycles. The SMILES string of the molecule is CC(Nc1cccc(S(=O)(=O)N2CCOCC2)c1)C(=O)Nc1sc2c(c1C#N)CCCCC2. The van der Waals surface area contributed by atoms with Crippen LogP contribution in [0.15, 0.2) is 29.2 Å². The first-order valence-corrected chi connectivity index (χ1v) is 13.5. The van der Waals surface area contributed by atoms with Crippen molar-refractivity contribution in [3.05, 3.63) is 40.3 Å². The maximum absolute atomic E-state index is 12.9. The van der Waals surface area contributed by atoms with Gasteiger partial charge in [0.25, 0.3) is 0 Å². The third-order valence-corrected chi connectivity index (χ3v) is 9.09. The minimum absolute atomic E-state index is 0.177. The predicted molar refractivity (Wildman–Crippen MR) is 128 cm³/mol. The molecule has 10 heteroatoms. The number of nitriles is 1. The number of morpholine rings is 1. The summed E-state index contributed by atoms with van der Waals surface area (Å²) in [5.74, 6) is -0.274. The lowest BCUT2D eigenvalue weighted by molar-refractivity contribution is -0.116. The van der Waals surface area contributed by atoms with E-state index in [1.807, 2.05) is 0 Å². The van der Waals surface area contributed by atoms with Crippen molar-refractivity contribution in [2.45, 2.75) is 50.0 Å². The van der Waals surface area contributed by atoms with Crippen molar-refractivity contribution >= 4 is 38.0 Å². The molecule has 8 nitrogen and oxygen atoms in total. The molecule has 2 aliphatic rings. The number of amides is 1. The maximum Gasteiger partial charge on any atom is 0.247 e. The number of carbonyl (C=O) groups excluding carboxylic acids is 1. The van der Waals surface area contributed by atoms with E-state index in [0.29, 0.717) is 42.6 Å². The van der Waals surface area contributed by atoms with E-state index in [4.69, 9.17) is 4.74 Å². The number of sulfonamides is 1. The number of nitrogens with zero attached hydrogens (tertiary/aromatic N) is 2.